The summed E-state index contributed by atoms with van der Waals surface area (Å²) in [6.45, 7) is 10.6. The van der Waals surface area contributed by atoms with Crippen LogP contribution in [0.15, 0.2) is 29.8 Å². The molecule has 0 bridgehead atoms. The molecule has 3 aliphatic rings. The van der Waals surface area contributed by atoms with Crippen LogP contribution in [-0.4, -0.2) is 103 Å². The van der Waals surface area contributed by atoms with Crippen molar-refractivity contribution in [2.45, 2.75) is 116 Å². The smallest absolute Gasteiger partial charge is 0.410 e. The van der Waals surface area contributed by atoms with E-state index < -0.39 is 47.8 Å². The summed E-state index contributed by atoms with van der Waals surface area (Å²) in [6, 6.07) is 2.73. The summed E-state index contributed by atoms with van der Waals surface area (Å²) in [5, 5.41) is 6.31. The Morgan fingerprint density at radius 1 is 1.14 bits per heavy atom. The molecule has 278 valence electrons. The van der Waals surface area contributed by atoms with E-state index in [1.165, 1.54) is 34.3 Å². The number of nitrogens with one attached hydrogen (secondary N) is 2. The van der Waals surface area contributed by atoms with E-state index in [9.17, 15) is 23.6 Å². The predicted molar refractivity (Wildman–Crippen MR) is 188 cm³/mol. The molecule has 1 aromatic carbocycles. The topological polar surface area (TPSA) is 147 Å². The number of nitrogens with two attached hydrogens (primary N) is 1. The van der Waals surface area contributed by atoms with Crippen LogP contribution in [0.5, 0.6) is 0 Å². The summed E-state index contributed by atoms with van der Waals surface area (Å²) in [7, 11) is 4.15. The SMILES string of the molecule is C/C(=C/CCCCC[C@H](NC(=O)OC(C)(C)C)C(=O)N1C[C@H](OC(=O)N2Cc3cccc(F)c3C2)C[C@H]1C(N)=O)C1(CNCCN(C)C)CC1. The zero-order valence-electron chi connectivity index (χ0n) is 30.7. The molecule has 0 radical (unpaired) electrons. The Bertz CT molecular complexity index is 1410. The first-order valence-corrected chi connectivity index (χ1v) is 17.9. The van der Waals surface area contributed by atoms with Gasteiger partial charge in [0.05, 0.1) is 13.1 Å². The minimum absolute atomic E-state index is 0.0273. The van der Waals surface area contributed by atoms with Crippen LogP contribution in [0.25, 0.3) is 0 Å². The van der Waals surface area contributed by atoms with Crippen molar-refractivity contribution in [1.82, 2.24) is 25.3 Å². The lowest BCUT2D eigenvalue weighted by Crippen LogP contribution is -2.53. The lowest BCUT2D eigenvalue weighted by atomic mass is 9.95. The largest absolute Gasteiger partial charge is 0.444 e. The second kappa shape index (κ2) is 17.0. The molecule has 4 N–H and O–H groups in total. The number of hydrogen-bond acceptors (Lipinski definition) is 8. The van der Waals surface area contributed by atoms with E-state index in [4.69, 9.17) is 15.2 Å². The average molecular weight is 701 g/mol. The van der Waals surface area contributed by atoms with Gasteiger partial charge in [0.15, 0.2) is 0 Å². The second-order valence-electron chi connectivity index (χ2n) is 15.4. The summed E-state index contributed by atoms with van der Waals surface area (Å²) in [5.74, 6) is -1.60. The summed E-state index contributed by atoms with van der Waals surface area (Å²) < 4.78 is 25.4. The van der Waals surface area contributed by atoms with E-state index in [1.54, 1.807) is 32.9 Å². The molecule has 1 saturated heterocycles. The van der Waals surface area contributed by atoms with Gasteiger partial charge in [-0.1, -0.05) is 36.6 Å². The van der Waals surface area contributed by atoms with Crippen LogP contribution in [0, 0.1) is 11.2 Å². The number of likely N-dealkylation sites (N-methyl/N-ethyl adjacent to an activating group) is 1. The van der Waals surface area contributed by atoms with Crippen molar-refractivity contribution >= 4 is 24.0 Å². The summed E-state index contributed by atoms with van der Waals surface area (Å²) in [5.41, 5.74) is 7.79. The quantitative estimate of drug-likeness (QED) is 0.169. The van der Waals surface area contributed by atoms with E-state index in [2.05, 4.69) is 42.6 Å². The van der Waals surface area contributed by atoms with Gasteiger partial charge < -0.3 is 35.6 Å². The Morgan fingerprint density at radius 2 is 1.88 bits per heavy atom. The van der Waals surface area contributed by atoms with Crippen LogP contribution in [0.1, 0.15) is 90.2 Å². The van der Waals surface area contributed by atoms with E-state index >= 15 is 0 Å². The van der Waals surface area contributed by atoms with Gasteiger partial charge >= 0.3 is 12.2 Å². The number of primary amides is 1. The number of ether oxygens (including phenoxy) is 2. The molecule has 13 heteroatoms. The highest BCUT2D eigenvalue weighted by Gasteiger charge is 2.44. The van der Waals surface area contributed by atoms with Crippen LogP contribution in [0.3, 0.4) is 0 Å². The standard InChI is InChI=1S/C37H57FN6O6/c1-25(37(16-17-37)24-40-18-19-42(5)6)12-9-7-8-10-15-30(41-34(47)50-36(2,3)4)33(46)44-22-27(20-31(44)32(39)45)49-35(48)43-21-26-13-11-14-29(38)28(26)23-43/h11-14,27,30-31,40H,7-10,15-24H2,1-6H3,(H2,39,45)(H,41,47)/b25-12-/t27-,30+,31+/m1/s1. The minimum atomic E-state index is -1.02. The Labute approximate surface area is 296 Å². The van der Waals surface area contributed by atoms with Crippen molar-refractivity contribution in [2.24, 2.45) is 11.1 Å². The van der Waals surface area contributed by atoms with Gasteiger partial charge in [-0.05, 0) is 85.5 Å². The number of halogens is 1. The number of nitrogens with zero attached hydrogens (tertiary/aromatic N) is 3. The van der Waals surface area contributed by atoms with Crippen LogP contribution < -0.4 is 16.4 Å². The summed E-state index contributed by atoms with van der Waals surface area (Å²) in [4.78, 5) is 57.1. The zero-order chi connectivity index (χ0) is 36.6. The molecule has 0 aromatic heterocycles. The number of carbonyl (C=O) groups excluding carboxylic acids is 4. The van der Waals surface area contributed by atoms with Gasteiger partial charge in [0, 0.05) is 43.6 Å². The van der Waals surface area contributed by atoms with Gasteiger partial charge in [-0.25, -0.2) is 14.0 Å². The molecule has 2 heterocycles. The minimum Gasteiger partial charge on any atom is -0.444 e. The van der Waals surface area contributed by atoms with Gasteiger partial charge in [-0.2, -0.15) is 0 Å². The monoisotopic (exact) mass is 700 g/mol. The maximum atomic E-state index is 14.2. The summed E-state index contributed by atoms with van der Waals surface area (Å²) in [6.07, 6.45) is 6.29. The molecule has 12 nitrogen and oxygen atoms in total. The molecule has 2 fully saturated rings. The Balaban J connectivity index is 1.32. The third-order valence-electron chi connectivity index (χ3n) is 9.85. The zero-order valence-corrected chi connectivity index (χ0v) is 30.7. The number of benzene rings is 1. The molecule has 3 atom stereocenters. The first kappa shape index (κ1) is 39.1. The fourth-order valence-electron chi connectivity index (χ4n) is 6.73. The lowest BCUT2D eigenvalue weighted by Gasteiger charge is -2.28. The average Bonchev–Trinajstić information content (AvgIpc) is 3.48. The van der Waals surface area contributed by atoms with Crippen molar-refractivity contribution in [1.29, 1.82) is 0 Å². The molecule has 4 amide bonds. The number of hydrogen-bond donors (Lipinski definition) is 3. The third-order valence-corrected chi connectivity index (χ3v) is 9.85. The molecule has 1 aromatic rings. The summed E-state index contributed by atoms with van der Waals surface area (Å²) >= 11 is 0. The van der Waals surface area contributed by atoms with Crippen LogP contribution in [0.2, 0.25) is 0 Å². The van der Waals surface area contributed by atoms with Crippen LogP contribution in [0.4, 0.5) is 14.0 Å². The highest BCUT2D eigenvalue weighted by atomic mass is 19.1. The molecule has 50 heavy (non-hydrogen) atoms. The maximum Gasteiger partial charge on any atom is 0.410 e. The third kappa shape index (κ3) is 10.9. The number of unbranched alkanes of at least 4 members (excludes halogenated alkanes) is 3. The first-order chi connectivity index (χ1) is 23.6. The van der Waals surface area contributed by atoms with Gasteiger partial charge in [-0.15, -0.1) is 0 Å². The Kier molecular flexibility index (Phi) is 13.3. The van der Waals surface area contributed by atoms with Gasteiger partial charge in [-0.3, -0.25) is 14.5 Å². The van der Waals surface area contributed by atoms with Gasteiger partial charge in [0.1, 0.15) is 29.6 Å². The molecule has 0 spiro atoms. The van der Waals surface area contributed by atoms with Crippen LogP contribution in [-0.2, 0) is 32.2 Å². The van der Waals surface area contributed by atoms with E-state index in [0.717, 1.165) is 38.9 Å². The van der Waals surface area contributed by atoms with E-state index in [0.29, 0.717) is 24.0 Å². The lowest BCUT2D eigenvalue weighted by molar-refractivity contribution is -0.139. The number of fused-ring (bicyclic) bond motifs is 1. The van der Waals surface area contributed by atoms with Crippen LogP contribution >= 0.6 is 0 Å². The number of rotatable bonds is 16. The van der Waals surface area contributed by atoms with Crippen molar-refractivity contribution < 1.29 is 33.0 Å². The number of likely N-dealkylation sites (tertiary alicyclic amines) is 1. The molecular formula is C37H57FN6O6. The van der Waals surface area contributed by atoms with Crippen molar-refractivity contribution in [3.05, 3.63) is 46.8 Å². The highest BCUT2D eigenvalue weighted by Crippen LogP contribution is 2.51. The fraction of sp³-hybridized carbons (Fsp3) is 0.676. The first-order valence-electron chi connectivity index (χ1n) is 17.9. The molecule has 1 aliphatic carbocycles. The second-order valence-corrected chi connectivity index (χ2v) is 15.4. The normalized spacial score (nSPS) is 20.4. The molecule has 2 aliphatic heterocycles. The van der Waals surface area contributed by atoms with Crippen molar-refractivity contribution in [2.75, 3.05) is 40.3 Å². The number of alkyl carbamates (subject to hydrolysis) is 1. The van der Waals surface area contributed by atoms with Gasteiger partial charge in [0.2, 0.25) is 11.8 Å². The van der Waals surface area contributed by atoms with E-state index in [-0.39, 0.29) is 37.3 Å². The number of carbonyl (C=O) groups is 4. The van der Waals surface area contributed by atoms with E-state index in [1.807, 2.05) is 0 Å². The molecule has 0 unspecified atom stereocenters. The number of amides is 4. The Morgan fingerprint density at radius 3 is 2.52 bits per heavy atom. The fourth-order valence-corrected chi connectivity index (χ4v) is 6.73. The molecular weight excluding hydrogens is 643 g/mol. The van der Waals surface area contributed by atoms with Crippen molar-refractivity contribution in [3.8, 4) is 0 Å². The number of allylic oxidation sites excluding steroid dienone is 1. The Hall–Kier alpha value is -3.71. The highest BCUT2D eigenvalue weighted by molar-refractivity contribution is 5.91. The van der Waals surface area contributed by atoms with Gasteiger partial charge in [0.25, 0.3) is 0 Å². The molecule has 1 saturated carbocycles. The molecule has 4 rings (SSSR count). The predicted octanol–water partition coefficient (Wildman–Crippen LogP) is 4.45. The van der Waals surface area contributed by atoms with Crippen molar-refractivity contribution in [3.63, 3.8) is 0 Å². The maximum absolute atomic E-state index is 14.2.